The van der Waals surface area contributed by atoms with Crippen LogP contribution in [0.15, 0.2) is 18.2 Å². The number of ether oxygens (including phenoxy) is 2. The summed E-state index contributed by atoms with van der Waals surface area (Å²) in [5.41, 5.74) is 1.12. The van der Waals surface area contributed by atoms with Gasteiger partial charge in [-0.25, -0.2) is 4.79 Å². The largest absolute Gasteiger partial charge is 0.489 e. The van der Waals surface area contributed by atoms with E-state index in [1.54, 1.807) is 12.1 Å². The van der Waals surface area contributed by atoms with Crippen molar-refractivity contribution >= 4 is 11.7 Å². The van der Waals surface area contributed by atoms with Crippen LogP contribution in [0.4, 0.5) is 5.69 Å². The van der Waals surface area contributed by atoms with Crippen LogP contribution in [0.2, 0.25) is 0 Å². The molecule has 1 unspecified atom stereocenters. The fourth-order valence-electron chi connectivity index (χ4n) is 2.88. The number of hydrogen-bond donors (Lipinski definition) is 1. The van der Waals surface area contributed by atoms with Gasteiger partial charge in [0.2, 0.25) is 0 Å². The Kier molecular flexibility index (Phi) is 3.78. The normalized spacial score (nSPS) is 21.4. The van der Waals surface area contributed by atoms with E-state index in [2.05, 4.69) is 4.90 Å². The summed E-state index contributed by atoms with van der Waals surface area (Å²) in [6, 6.07) is 5.29. The van der Waals surface area contributed by atoms with Crippen molar-refractivity contribution in [1.82, 2.24) is 0 Å². The maximum absolute atomic E-state index is 11.2. The molecule has 1 atom stereocenters. The Bertz CT molecular complexity index is 497. The number of nitrogens with zero attached hydrogens (tertiary/aromatic N) is 1. The summed E-state index contributed by atoms with van der Waals surface area (Å²) in [4.78, 5) is 13.4. The van der Waals surface area contributed by atoms with E-state index in [1.807, 2.05) is 6.07 Å². The number of benzene rings is 1. The van der Waals surface area contributed by atoms with E-state index < -0.39 is 5.97 Å². The van der Waals surface area contributed by atoms with Crippen LogP contribution in [0, 0.1) is 0 Å². The average molecular weight is 277 g/mol. The van der Waals surface area contributed by atoms with Gasteiger partial charge in [-0.15, -0.1) is 0 Å². The number of aromatic carboxylic acids is 1. The van der Waals surface area contributed by atoms with Gasteiger partial charge in [0.1, 0.15) is 12.2 Å². The first kappa shape index (κ1) is 13.2. The lowest BCUT2D eigenvalue weighted by atomic mass is 10.1. The van der Waals surface area contributed by atoms with Gasteiger partial charge >= 0.3 is 5.97 Å². The summed E-state index contributed by atoms with van der Waals surface area (Å²) in [5.74, 6) is -0.443. The van der Waals surface area contributed by atoms with Crippen molar-refractivity contribution in [3.63, 3.8) is 0 Å². The lowest BCUT2D eigenvalue weighted by Gasteiger charge is -2.32. The first-order valence-corrected chi connectivity index (χ1v) is 7.11. The molecule has 3 rings (SSSR count). The molecule has 20 heavy (non-hydrogen) atoms. The first-order chi connectivity index (χ1) is 9.75. The highest BCUT2D eigenvalue weighted by Gasteiger charge is 2.24. The minimum atomic E-state index is -0.942. The maximum Gasteiger partial charge on any atom is 0.339 e. The number of hydrogen-bond acceptors (Lipinski definition) is 4. The number of para-hydroxylation sites is 1. The molecule has 2 aliphatic heterocycles. The molecule has 0 aromatic heterocycles. The standard InChI is InChI=1S/C15H19NO4/c17-15(18)12-4-1-5-13-14(12)20-10-8-16(13)7-6-11-3-2-9-19-11/h1,4-5,11H,2-3,6-10H2,(H,17,18). The zero-order chi connectivity index (χ0) is 13.9. The smallest absolute Gasteiger partial charge is 0.339 e. The highest BCUT2D eigenvalue weighted by molar-refractivity contribution is 5.93. The third-order valence-corrected chi connectivity index (χ3v) is 3.92. The first-order valence-electron chi connectivity index (χ1n) is 7.11. The van der Waals surface area contributed by atoms with Crippen molar-refractivity contribution in [2.45, 2.75) is 25.4 Å². The molecule has 2 aliphatic rings. The second-order valence-corrected chi connectivity index (χ2v) is 5.22. The highest BCUT2D eigenvalue weighted by atomic mass is 16.5. The predicted octanol–water partition coefficient (Wildman–Crippen LogP) is 2.15. The summed E-state index contributed by atoms with van der Waals surface area (Å²) >= 11 is 0. The number of rotatable bonds is 4. The fraction of sp³-hybridized carbons (Fsp3) is 0.533. The Balaban J connectivity index is 1.75. The molecule has 0 saturated carbocycles. The zero-order valence-electron chi connectivity index (χ0n) is 11.4. The second-order valence-electron chi connectivity index (χ2n) is 5.22. The van der Waals surface area contributed by atoms with Crippen LogP contribution in [-0.2, 0) is 4.74 Å². The van der Waals surface area contributed by atoms with Crippen LogP contribution >= 0.6 is 0 Å². The minimum absolute atomic E-state index is 0.240. The molecule has 108 valence electrons. The van der Waals surface area contributed by atoms with Crippen LogP contribution in [0.3, 0.4) is 0 Å². The molecule has 1 aromatic carbocycles. The van der Waals surface area contributed by atoms with E-state index in [4.69, 9.17) is 9.47 Å². The third kappa shape index (κ3) is 2.58. The van der Waals surface area contributed by atoms with Gasteiger partial charge < -0.3 is 19.5 Å². The molecule has 1 aromatic rings. The summed E-state index contributed by atoms with van der Waals surface area (Å²) in [7, 11) is 0. The van der Waals surface area contributed by atoms with E-state index in [0.717, 1.165) is 44.6 Å². The summed E-state index contributed by atoms with van der Waals surface area (Å²) in [5, 5.41) is 9.21. The van der Waals surface area contributed by atoms with Crippen molar-refractivity contribution in [3.8, 4) is 5.75 Å². The minimum Gasteiger partial charge on any atom is -0.489 e. The van der Waals surface area contributed by atoms with Gasteiger partial charge in [-0.1, -0.05) is 6.07 Å². The van der Waals surface area contributed by atoms with Crippen LogP contribution in [0.1, 0.15) is 29.6 Å². The van der Waals surface area contributed by atoms with Gasteiger partial charge in [-0.05, 0) is 31.4 Å². The van der Waals surface area contributed by atoms with E-state index in [0.29, 0.717) is 18.5 Å². The molecule has 5 heteroatoms. The van der Waals surface area contributed by atoms with E-state index >= 15 is 0 Å². The SMILES string of the molecule is O=C(O)c1cccc2c1OCCN2CCC1CCCO1. The molecule has 1 fully saturated rings. The lowest BCUT2D eigenvalue weighted by molar-refractivity contribution is 0.0691. The van der Waals surface area contributed by atoms with Crippen molar-refractivity contribution in [1.29, 1.82) is 0 Å². The van der Waals surface area contributed by atoms with Crippen molar-refractivity contribution in [2.75, 3.05) is 31.2 Å². The van der Waals surface area contributed by atoms with Gasteiger partial charge in [-0.3, -0.25) is 0 Å². The Morgan fingerprint density at radius 2 is 2.30 bits per heavy atom. The monoisotopic (exact) mass is 277 g/mol. The lowest BCUT2D eigenvalue weighted by Crippen LogP contribution is -2.35. The molecule has 1 N–H and O–H groups in total. The molecule has 0 radical (unpaired) electrons. The van der Waals surface area contributed by atoms with Crippen LogP contribution < -0.4 is 9.64 Å². The molecule has 5 nitrogen and oxygen atoms in total. The fourth-order valence-corrected chi connectivity index (χ4v) is 2.88. The van der Waals surface area contributed by atoms with E-state index in [9.17, 15) is 9.90 Å². The molecule has 1 saturated heterocycles. The van der Waals surface area contributed by atoms with E-state index in [1.165, 1.54) is 0 Å². The summed E-state index contributed by atoms with van der Waals surface area (Å²) < 4.78 is 11.2. The number of carboxylic acid groups (broad SMARTS) is 1. The molecular weight excluding hydrogens is 258 g/mol. The maximum atomic E-state index is 11.2. The number of carbonyl (C=O) groups is 1. The Morgan fingerprint density at radius 1 is 1.40 bits per heavy atom. The van der Waals surface area contributed by atoms with Gasteiger partial charge in [0.15, 0.2) is 5.75 Å². The molecule has 0 amide bonds. The van der Waals surface area contributed by atoms with E-state index in [-0.39, 0.29) is 5.56 Å². The van der Waals surface area contributed by atoms with Crippen LogP contribution in [0.5, 0.6) is 5.75 Å². The van der Waals surface area contributed by atoms with Crippen molar-refractivity contribution < 1.29 is 19.4 Å². The third-order valence-electron chi connectivity index (χ3n) is 3.92. The Labute approximate surface area is 118 Å². The summed E-state index contributed by atoms with van der Waals surface area (Å²) in [6.07, 6.45) is 3.61. The predicted molar refractivity (Wildman–Crippen MR) is 74.7 cm³/mol. The van der Waals surface area contributed by atoms with Crippen LogP contribution in [-0.4, -0.2) is 43.5 Å². The second kappa shape index (κ2) is 5.71. The van der Waals surface area contributed by atoms with Crippen molar-refractivity contribution in [2.24, 2.45) is 0 Å². The van der Waals surface area contributed by atoms with Gasteiger partial charge in [0.25, 0.3) is 0 Å². The Hall–Kier alpha value is -1.75. The summed E-state index contributed by atoms with van der Waals surface area (Å²) in [6.45, 7) is 3.07. The molecule has 0 aliphatic carbocycles. The number of fused-ring (bicyclic) bond motifs is 1. The van der Waals surface area contributed by atoms with Gasteiger partial charge in [-0.2, -0.15) is 0 Å². The highest BCUT2D eigenvalue weighted by Crippen LogP contribution is 2.35. The zero-order valence-corrected chi connectivity index (χ0v) is 11.4. The average Bonchev–Trinajstić information content (AvgIpc) is 2.97. The van der Waals surface area contributed by atoms with Crippen LogP contribution in [0.25, 0.3) is 0 Å². The number of carboxylic acids is 1. The van der Waals surface area contributed by atoms with Gasteiger partial charge in [0, 0.05) is 13.2 Å². The van der Waals surface area contributed by atoms with Crippen molar-refractivity contribution in [3.05, 3.63) is 23.8 Å². The topological polar surface area (TPSA) is 59.0 Å². The molecular formula is C15H19NO4. The molecule has 0 bridgehead atoms. The molecule has 2 heterocycles. The van der Waals surface area contributed by atoms with Gasteiger partial charge in [0.05, 0.1) is 18.3 Å². The quantitative estimate of drug-likeness (QED) is 0.914. The Morgan fingerprint density at radius 3 is 3.05 bits per heavy atom. The number of anilines is 1. The molecule has 0 spiro atoms.